The van der Waals surface area contributed by atoms with Crippen molar-refractivity contribution in [1.29, 1.82) is 0 Å². The molecule has 1 aromatic carbocycles. The minimum Gasteiger partial charge on any atom is -0.372 e. The van der Waals surface area contributed by atoms with Crippen molar-refractivity contribution in [2.24, 2.45) is 0 Å². The maximum atomic E-state index is 12.1. The molecule has 0 bridgehead atoms. The Hall–Kier alpha value is -2.09. The van der Waals surface area contributed by atoms with Crippen LogP contribution >= 0.6 is 11.8 Å². The van der Waals surface area contributed by atoms with Crippen LogP contribution in [0.3, 0.4) is 0 Å². The summed E-state index contributed by atoms with van der Waals surface area (Å²) < 4.78 is 1.82. The Bertz CT molecular complexity index is 678. The van der Waals surface area contributed by atoms with E-state index in [1.165, 1.54) is 11.8 Å². The first kappa shape index (κ1) is 16.8. The molecule has 0 aliphatic heterocycles. The number of nitrogens with one attached hydrogen (secondary N) is 1. The van der Waals surface area contributed by atoms with Gasteiger partial charge >= 0.3 is 0 Å². The van der Waals surface area contributed by atoms with Crippen molar-refractivity contribution in [3.63, 3.8) is 0 Å². The number of aromatic nitrogens is 4. The quantitative estimate of drug-likeness (QED) is 0.741. The highest BCUT2D eigenvalue weighted by Crippen LogP contribution is 2.36. The zero-order valence-electron chi connectivity index (χ0n) is 14.0. The summed E-state index contributed by atoms with van der Waals surface area (Å²) in [6.45, 7) is 6.19. The van der Waals surface area contributed by atoms with Crippen LogP contribution in [0.1, 0.15) is 32.7 Å². The average Bonchev–Trinajstić information content (AvgIpc) is 3.34. The number of rotatable bonds is 8. The summed E-state index contributed by atoms with van der Waals surface area (Å²) in [7, 11) is 0. The highest BCUT2D eigenvalue weighted by molar-refractivity contribution is 7.99. The fourth-order valence-electron chi connectivity index (χ4n) is 2.50. The van der Waals surface area contributed by atoms with Gasteiger partial charge in [0.05, 0.1) is 11.8 Å². The lowest BCUT2D eigenvalue weighted by Gasteiger charge is -2.21. The largest absolute Gasteiger partial charge is 0.372 e. The van der Waals surface area contributed by atoms with Crippen LogP contribution in [0, 0.1) is 0 Å². The molecule has 1 aliphatic rings. The first-order valence-corrected chi connectivity index (χ1v) is 9.25. The fraction of sp³-hybridized carbons (Fsp3) is 0.500. The lowest BCUT2D eigenvalue weighted by atomic mass is 10.2. The molecule has 1 amide bonds. The third-order valence-corrected chi connectivity index (χ3v) is 4.90. The van der Waals surface area contributed by atoms with Crippen LogP contribution in [-0.2, 0) is 4.79 Å². The van der Waals surface area contributed by atoms with E-state index in [-0.39, 0.29) is 5.91 Å². The van der Waals surface area contributed by atoms with Crippen molar-refractivity contribution in [2.45, 2.75) is 37.9 Å². The highest BCUT2D eigenvalue weighted by atomic mass is 32.2. The molecular weight excluding hydrogens is 324 g/mol. The Kier molecular flexibility index (Phi) is 5.34. The van der Waals surface area contributed by atoms with Gasteiger partial charge in [-0.2, -0.15) is 0 Å². The molecule has 2 aromatic rings. The predicted molar refractivity (Wildman–Crippen MR) is 95.4 cm³/mol. The van der Waals surface area contributed by atoms with Gasteiger partial charge in [0, 0.05) is 24.5 Å². The molecule has 1 aromatic heterocycles. The summed E-state index contributed by atoms with van der Waals surface area (Å²) in [5.74, 6) is 0.242. The van der Waals surface area contributed by atoms with Crippen molar-refractivity contribution in [3.05, 3.63) is 24.3 Å². The Balaban J connectivity index is 1.52. The summed E-state index contributed by atoms with van der Waals surface area (Å²) in [5, 5.41) is 15.3. The number of thioether (sulfide) groups is 1. The van der Waals surface area contributed by atoms with Crippen molar-refractivity contribution in [3.8, 4) is 0 Å². The topological polar surface area (TPSA) is 75.9 Å². The van der Waals surface area contributed by atoms with Crippen LogP contribution in [-0.4, -0.2) is 45.0 Å². The third-order valence-electron chi connectivity index (χ3n) is 3.97. The van der Waals surface area contributed by atoms with Crippen LogP contribution in [0.25, 0.3) is 0 Å². The molecule has 0 radical (unpaired) electrons. The molecule has 1 fully saturated rings. The SMILES string of the molecule is CCN(CC)c1ccc(NC(=O)CSc2nnnn2C2CC2)cc1. The van der Waals surface area contributed by atoms with E-state index in [0.717, 1.165) is 37.3 Å². The number of tetrazole rings is 1. The Morgan fingerprint density at radius 3 is 2.62 bits per heavy atom. The van der Waals surface area contributed by atoms with Gasteiger partial charge in [0.1, 0.15) is 0 Å². The summed E-state index contributed by atoms with van der Waals surface area (Å²) >= 11 is 1.37. The molecule has 0 saturated heterocycles. The van der Waals surface area contributed by atoms with Gasteiger partial charge in [0.2, 0.25) is 11.1 Å². The molecule has 24 heavy (non-hydrogen) atoms. The van der Waals surface area contributed by atoms with Gasteiger partial charge < -0.3 is 10.2 Å². The van der Waals surface area contributed by atoms with Gasteiger partial charge in [-0.25, -0.2) is 4.68 Å². The van der Waals surface area contributed by atoms with Crippen LogP contribution in [0.5, 0.6) is 0 Å². The van der Waals surface area contributed by atoms with E-state index >= 15 is 0 Å². The van der Waals surface area contributed by atoms with Gasteiger partial charge in [0.15, 0.2) is 0 Å². The maximum absolute atomic E-state index is 12.1. The lowest BCUT2D eigenvalue weighted by molar-refractivity contribution is -0.113. The van der Waals surface area contributed by atoms with Gasteiger partial charge in [-0.3, -0.25) is 4.79 Å². The first-order chi connectivity index (χ1) is 11.7. The molecule has 0 spiro atoms. The molecule has 1 aliphatic carbocycles. The number of carbonyl (C=O) groups is 1. The second-order valence-electron chi connectivity index (χ2n) is 5.69. The van der Waals surface area contributed by atoms with E-state index in [0.29, 0.717) is 17.0 Å². The Morgan fingerprint density at radius 1 is 1.29 bits per heavy atom. The van der Waals surface area contributed by atoms with E-state index in [4.69, 9.17) is 0 Å². The number of nitrogens with zero attached hydrogens (tertiary/aromatic N) is 5. The van der Waals surface area contributed by atoms with Crippen molar-refractivity contribution >= 4 is 29.0 Å². The molecule has 1 N–H and O–H groups in total. The average molecular weight is 346 g/mol. The van der Waals surface area contributed by atoms with E-state index in [2.05, 4.69) is 39.6 Å². The molecule has 8 heteroatoms. The Morgan fingerprint density at radius 2 is 2.00 bits per heavy atom. The number of carbonyl (C=O) groups excluding carboxylic acids is 1. The number of amides is 1. The lowest BCUT2D eigenvalue weighted by Crippen LogP contribution is -2.21. The summed E-state index contributed by atoms with van der Waals surface area (Å²) in [5.41, 5.74) is 1.97. The number of anilines is 2. The summed E-state index contributed by atoms with van der Waals surface area (Å²) in [6.07, 6.45) is 2.23. The standard InChI is InChI=1S/C16H22N6OS/c1-3-21(4-2)13-7-5-12(6-8-13)17-15(23)11-24-16-18-19-20-22(16)14-9-10-14/h5-8,14H,3-4,9-11H2,1-2H3,(H,17,23). The fourth-order valence-corrected chi connectivity index (χ4v) is 3.24. The number of hydrogen-bond acceptors (Lipinski definition) is 6. The molecule has 3 rings (SSSR count). The van der Waals surface area contributed by atoms with E-state index in [1.54, 1.807) is 0 Å². The van der Waals surface area contributed by atoms with Crippen LogP contribution in [0.2, 0.25) is 0 Å². The molecular formula is C16H22N6OS. The van der Waals surface area contributed by atoms with Gasteiger partial charge in [-0.05, 0) is 61.4 Å². The molecule has 0 atom stereocenters. The monoisotopic (exact) mass is 346 g/mol. The van der Waals surface area contributed by atoms with E-state index < -0.39 is 0 Å². The van der Waals surface area contributed by atoms with E-state index in [1.807, 2.05) is 28.9 Å². The zero-order chi connectivity index (χ0) is 16.9. The second kappa shape index (κ2) is 7.65. The maximum Gasteiger partial charge on any atom is 0.234 e. The Labute approximate surface area is 145 Å². The van der Waals surface area contributed by atoms with Gasteiger partial charge in [0.25, 0.3) is 0 Å². The first-order valence-electron chi connectivity index (χ1n) is 8.26. The van der Waals surface area contributed by atoms with Gasteiger partial charge in [-0.1, -0.05) is 11.8 Å². The van der Waals surface area contributed by atoms with Crippen molar-refractivity contribution in [2.75, 3.05) is 29.1 Å². The highest BCUT2D eigenvalue weighted by Gasteiger charge is 2.28. The van der Waals surface area contributed by atoms with Crippen LogP contribution in [0.15, 0.2) is 29.4 Å². The minimum atomic E-state index is -0.0547. The molecule has 7 nitrogen and oxygen atoms in total. The van der Waals surface area contributed by atoms with Crippen molar-refractivity contribution < 1.29 is 4.79 Å². The minimum absolute atomic E-state index is 0.0547. The smallest absolute Gasteiger partial charge is 0.234 e. The molecule has 128 valence electrons. The predicted octanol–water partition coefficient (Wildman–Crippen LogP) is 2.59. The van der Waals surface area contributed by atoms with Crippen LogP contribution in [0.4, 0.5) is 11.4 Å². The summed E-state index contributed by atoms with van der Waals surface area (Å²) in [6, 6.07) is 8.35. The van der Waals surface area contributed by atoms with Crippen LogP contribution < -0.4 is 10.2 Å². The third kappa shape index (κ3) is 4.05. The molecule has 1 heterocycles. The van der Waals surface area contributed by atoms with E-state index in [9.17, 15) is 4.79 Å². The number of hydrogen-bond donors (Lipinski definition) is 1. The molecule has 0 unspecified atom stereocenters. The molecule has 1 saturated carbocycles. The second-order valence-corrected chi connectivity index (χ2v) is 6.64. The zero-order valence-corrected chi connectivity index (χ0v) is 14.8. The summed E-state index contributed by atoms with van der Waals surface area (Å²) in [4.78, 5) is 14.4. The normalized spacial score (nSPS) is 13.8. The van der Waals surface area contributed by atoms with Crippen molar-refractivity contribution in [1.82, 2.24) is 20.2 Å². The van der Waals surface area contributed by atoms with Gasteiger partial charge in [-0.15, -0.1) is 5.10 Å². The number of benzene rings is 1.